The van der Waals surface area contributed by atoms with E-state index in [9.17, 15) is 48.5 Å². The van der Waals surface area contributed by atoms with Gasteiger partial charge in [-0.05, 0) is 208 Å². The van der Waals surface area contributed by atoms with Gasteiger partial charge in [0.2, 0.25) is 0 Å². The summed E-state index contributed by atoms with van der Waals surface area (Å²) in [7, 11) is -16.3. The normalized spacial score (nSPS) is 14.1. The summed E-state index contributed by atoms with van der Waals surface area (Å²) in [6.07, 6.45) is 9.05. The van der Waals surface area contributed by atoms with Crippen molar-refractivity contribution in [2.75, 3.05) is 33.0 Å². The van der Waals surface area contributed by atoms with Gasteiger partial charge >= 0.3 is 115 Å². The smallest absolute Gasteiger partial charge is 0.744 e. The Morgan fingerprint density at radius 1 is 0.490 bits per heavy atom. The molecule has 8 rings (SSSR count). The van der Waals surface area contributed by atoms with Crippen LogP contribution >= 0.6 is 0 Å². The van der Waals surface area contributed by atoms with Crippen molar-refractivity contribution in [1.82, 2.24) is 5.06 Å². The molecular weight excluding hydrogens is 1400 g/mol. The summed E-state index contributed by atoms with van der Waals surface area (Å²) in [4.78, 5) is 29.6. The molecule has 1 aliphatic rings. The molecule has 1 heterocycles. The molecule has 7 aromatic carbocycles. The second-order valence-electron chi connectivity index (χ2n) is 24.9. The SMILES string of the molecule is C=Cc1ccc(OCCOC(=O)c2ccc(B(O)O)cc2)cc1.C=Cc1ccc(S(=O)(=O)[O-])cc1.CCC(CC(CC)c1ccc(S(=O)(=O)[O-])cc1)c1ccc(OCCOC(=O)c2ccc(B(O)O)cc2)cc1.CCC(CON1C(C)(C)CC(C)CC1(C)C)c1ccc(S(=O)(=O)[O-])cc1.[Na+].[Na+].[Na+]. The molecule has 0 amide bonds. The molecule has 4 N–H and O–H groups in total. The zero-order chi connectivity index (χ0) is 73.3. The number of ether oxygens (including phenoxy) is 4. The number of benzene rings is 7. The van der Waals surface area contributed by atoms with Gasteiger partial charge in [-0.3, -0.25) is 4.84 Å². The topological polar surface area (TPSA) is 336 Å². The number of nitrogens with zero attached hydrogens (tertiary/aromatic N) is 1. The Morgan fingerprint density at radius 3 is 1.09 bits per heavy atom. The predicted molar refractivity (Wildman–Crippen MR) is 378 cm³/mol. The fraction of sp³-hybridized carbons (Fsp3) is 0.342. The van der Waals surface area contributed by atoms with Crippen LogP contribution in [0.5, 0.6) is 11.5 Å². The Morgan fingerprint density at radius 2 is 0.784 bits per heavy atom. The zero-order valence-electron chi connectivity index (χ0n) is 60.0. The molecule has 7 aromatic rings. The minimum absolute atomic E-state index is 0. The monoisotopic (exact) mass is 1490 g/mol. The van der Waals surface area contributed by atoms with Gasteiger partial charge in [-0.2, -0.15) is 5.06 Å². The van der Waals surface area contributed by atoms with Gasteiger partial charge in [0.1, 0.15) is 68.3 Å². The number of carbonyl (C=O) groups is 2. The van der Waals surface area contributed by atoms with Crippen molar-refractivity contribution in [2.24, 2.45) is 5.92 Å². The van der Waals surface area contributed by atoms with Crippen LogP contribution in [0.1, 0.15) is 160 Å². The van der Waals surface area contributed by atoms with Crippen molar-refractivity contribution >= 4 is 79.6 Å². The fourth-order valence-corrected chi connectivity index (χ4v) is 13.0. The van der Waals surface area contributed by atoms with Gasteiger partial charge in [0, 0.05) is 17.0 Å². The molecule has 1 aliphatic heterocycles. The third-order valence-electron chi connectivity index (χ3n) is 16.5. The van der Waals surface area contributed by atoms with Crippen LogP contribution in [0.2, 0.25) is 0 Å². The van der Waals surface area contributed by atoms with E-state index < -0.39 is 56.5 Å². The maximum absolute atomic E-state index is 12.1. The summed E-state index contributed by atoms with van der Waals surface area (Å²) < 4.78 is 120. The Labute approximate surface area is 668 Å². The summed E-state index contributed by atoms with van der Waals surface area (Å²) >= 11 is 0. The Hall–Kier alpha value is -4.82. The largest absolute Gasteiger partial charge is 1.00 e. The van der Waals surface area contributed by atoms with Crippen LogP contribution in [0.3, 0.4) is 0 Å². The molecule has 1 fully saturated rings. The molecule has 0 spiro atoms. The van der Waals surface area contributed by atoms with E-state index in [0.717, 1.165) is 60.8 Å². The van der Waals surface area contributed by atoms with Crippen LogP contribution in [-0.4, -0.2) is 134 Å². The van der Waals surface area contributed by atoms with E-state index in [4.69, 9.17) is 43.9 Å². The average molecular weight is 1490 g/mol. The second-order valence-corrected chi connectivity index (χ2v) is 29.0. The van der Waals surface area contributed by atoms with Gasteiger partial charge in [-0.15, -0.1) is 0 Å². The van der Waals surface area contributed by atoms with E-state index in [0.29, 0.717) is 40.6 Å². The van der Waals surface area contributed by atoms with Gasteiger partial charge in [0.25, 0.3) is 0 Å². The molecule has 102 heavy (non-hydrogen) atoms. The number of rotatable bonds is 28. The van der Waals surface area contributed by atoms with Crippen LogP contribution in [0, 0.1) is 5.92 Å². The van der Waals surface area contributed by atoms with Crippen molar-refractivity contribution < 1.29 is 181 Å². The van der Waals surface area contributed by atoms with E-state index in [1.807, 2.05) is 48.5 Å². The molecule has 0 radical (unpaired) electrons. The maximum atomic E-state index is 12.1. The van der Waals surface area contributed by atoms with E-state index >= 15 is 0 Å². The minimum atomic E-state index is -4.46. The van der Waals surface area contributed by atoms with E-state index in [2.05, 4.69) is 73.6 Å². The van der Waals surface area contributed by atoms with E-state index in [-0.39, 0.29) is 164 Å². The third-order valence-corrected chi connectivity index (χ3v) is 19.0. The molecule has 532 valence electrons. The van der Waals surface area contributed by atoms with Crippen LogP contribution in [-0.2, 0) is 44.7 Å². The first-order valence-electron chi connectivity index (χ1n) is 32.2. The Balaban J connectivity index is 0.000000487. The van der Waals surface area contributed by atoms with Gasteiger partial charge in [0.05, 0.1) is 32.4 Å². The van der Waals surface area contributed by atoms with Crippen LogP contribution in [0.15, 0.2) is 198 Å². The van der Waals surface area contributed by atoms with Crippen molar-refractivity contribution in [2.45, 2.75) is 137 Å². The van der Waals surface area contributed by atoms with Crippen molar-refractivity contribution in [1.29, 1.82) is 0 Å². The molecule has 0 aromatic heterocycles. The molecule has 21 nitrogen and oxygen atoms in total. The molecule has 29 heteroatoms. The van der Waals surface area contributed by atoms with Gasteiger partial charge in [-0.1, -0.05) is 138 Å². The summed E-state index contributed by atoms with van der Waals surface area (Å²) in [6, 6.07) is 44.9. The molecule has 0 saturated carbocycles. The number of piperidine rings is 1. The number of hydrogen-bond acceptors (Lipinski definition) is 21. The maximum Gasteiger partial charge on any atom is 1.00 e. The summed E-state index contributed by atoms with van der Waals surface area (Å²) in [6.45, 7) is 25.8. The standard InChI is InChI=1S/C28H33BO8S.C20H33NO4S.C17H17BO5.C8H8O3S.3Na/c1-3-20(19-21(4-2)23-9-15-27(16-10-23)38(33,34)35)22-7-13-26(14-8-22)36-17-18-37-28(30)24-5-11-25(12-6-24)29(31)32;1-7-16(17-8-10-18(11-9-17)26(22,23)24)14-25-21-19(3,4)12-15(2)13-20(21,5)6;1-2-13-3-9-16(10-4-13)22-11-12-23-17(19)14-5-7-15(8-6-14)18(20)21;1-2-7-3-5-8(6-4-7)12(9,10)11;;;/h5-16,20-21,31-32H,3-4,17-19H2,1-2H3,(H,33,34,35);8-11,15-16H,7,12-14H2,1-6H3,(H,22,23,24);2-10,20-21H,1,11-12H2;2-6H,1H2,(H,9,10,11);;;/q;;;;3*+1/p-3. The number of hydroxylamine groups is 2. The first-order chi connectivity index (χ1) is 46.6. The fourth-order valence-electron chi connectivity index (χ4n) is 11.6. The average Bonchev–Trinajstić information content (AvgIpc) is 0.773. The summed E-state index contributed by atoms with van der Waals surface area (Å²) in [5, 5.41) is 38.4. The molecular formula is C73H88B2NNa3O20S3. The minimum Gasteiger partial charge on any atom is -0.744 e. The van der Waals surface area contributed by atoms with E-state index in [1.54, 1.807) is 36.4 Å². The second kappa shape index (κ2) is 44.3. The Kier molecular flexibility index (Phi) is 40.5. The molecule has 0 bridgehead atoms. The van der Waals surface area contributed by atoms with E-state index in [1.165, 1.54) is 103 Å². The summed E-state index contributed by atoms with van der Waals surface area (Å²) in [5.74, 6) is 1.64. The quantitative estimate of drug-likeness (QED) is 0.0233. The predicted octanol–water partition coefficient (Wildman–Crippen LogP) is 1.38. The van der Waals surface area contributed by atoms with Gasteiger partial charge in [-0.25, -0.2) is 34.8 Å². The Bertz CT molecular complexity index is 4030. The summed E-state index contributed by atoms with van der Waals surface area (Å²) in [5.41, 5.74) is 6.10. The number of esters is 2. The molecule has 3 atom stereocenters. The van der Waals surface area contributed by atoms with Crippen molar-refractivity contribution in [3.05, 3.63) is 222 Å². The number of hydrogen-bond donors (Lipinski definition) is 4. The zero-order valence-corrected chi connectivity index (χ0v) is 68.4. The van der Waals surface area contributed by atoms with Crippen LogP contribution in [0.4, 0.5) is 0 Å². The van der Waals surface area contributed by atoms with Gasteiger partial charge in [0.15, 0.2) is 0 Å². The first-order valence-corrected chi connectivity index (χ1v) is 36.4. The van der Waals surface area contributed by atoms with Crippen molar-refractivity contribution in [3.8, 4) is 11.5 Å². The van der Waals surface area contributed by atoms with Gasteiger partial charge < -0.3 is 52.7 Å². The molecule has 1 saturated heterocycles. The number of carbonyl (C=O) groups excluding carboxylic acids is 2. The molecule has 0 aliphatic carbocycles. The third kappa shape index (κ3) is 30.6. The van der Waals surface area contributed by atoms with Crippen LogP contribution < -0.4 is 109 Å². The van der Waals surface area contributed by atoms with Crippen molar-refractivity contribution in [3.63, 3.8) is 0 Å². The molecule has 3 unspecified atom stereocenters. The van der Waals surface area contributed by atoms with Crippen LogP contribution in [0.25, 0.3) is 12.2 Å². The first kappa shape index (κ1) is 93.3.